The van der Waals surface area contributed by atoms with Gasteiger partial charge in [0, 0.05) is 11.4 Å². The van der Waals surface area contributed by atoms with Gasteiger partial charge in [-0.1, -0.05) is 0 Å². The molecular formula is C9H12N6. The molecular weight excluding hydrogens is 192 g/mol. The molecule has 0 amide bonds. The third kappa shape index (κ3) is 1.84. The Kier molecular flexibility index (Phi) is 2.42. The Hall–Kier alpha value is -1.82. The van der Waals surface area contributed by atoms with Crippen molar-refractivity contribution in [3.8, 4) is 5.95 Å². The third-order valence-electron chi connectivity index (χ3n) is 1.96. The molecule has 6 nitrogen and oxygen atoms in total. The van der Waals surface area contributed by atoms with Crippen molar-refractivity contribution in [3.05, 3.63) is 29.6 Å². The van der Waals surface area contributed by atoms with E-state index in [0.717, 1.165) is 11.4 Å². The molecule has 0 fully saturated rings. The molecule has 0 saturated carbocycles. The third-order valence-corrected chi connectivity index (χ3v) is 1.96. The normalized spacial score (nSPS) is 10.6. The average molecular weight is 204 g/mol. The molecule has 0 bridgehead atoms. The fourth-order valence-electron chi connectivity index (χ4n) is 1.37. The Bertz CT molecular complexity index is 455. The molecule has 0 aliphatic heterocycles. The molecule has 15 heavy (non-hydrogen) atoms. The van der Waals surface area contributed by atoms with Gasteiger partial charge in [0.1, 0.15) is 12.2 Å². The largest absolute Gasteiger partial charge is 0.324 e. The maximum Gasteiger partial charge on any atom is 0.252 e. The van der Waals surface area contributed by atoms with Crippen LogP contribution in [0.3, 0.4) is 0 Å². The Morgan fingerprint density at radius 3 is 2.53 bits per heavy atom. The minimum Gasteiger partial charge on any atom is -0.324 e. The molecule has 0 aromatic carbocycles. The van der Waals surface area contributed by atoms with Crippen molar-refractivity contribution < 1.29 is 0 Å². The van der Waals surface area contributed by atoms with Gasteiger partial charge in [0.25, 0.3) is 5.95 Å². The molecule has 6 heteroatoms. The van der Waals surface area contributed by atoms with Crippen LogP contribution in [0.4, 0.5) is 0 Å². The van der Waals surface area contributed by atoms with Crippen molar-refractivity contribution >= 4 is 0 Å². The first-order valence-corrected chi connectivity index (χ1v) is 4.62. The highest BCUT2D eigenvalue weighted by atomic mass is 15.4. The zero-order valence-electron chi connectivity index (χ0n) is 8.68. The summed E-state index contributed by atoms with van der Waals surface area (Å²) in [4.78, 5) is 12.6. The predicted octanol–water partition coefficient (Wildman–Crippen LogP) is 0.133. The summed E-state index contributed by atoms with van der Waals surface area (Å²) >= 11 is 0. The SMILES string of the molecule is Cc1cc(C)nc(-n2ncnc2CN)n1. The van der Waals surface area contributed by atoms with Gasteiger partial charge in [0.05, 0.1) is 6.54 Å². The molecule has 78 valence electrons. The first-order chi connectivity index (χ1) is 7.20. The number of hydrogen-bond donors (Lipinski definition) is 1. The minimum atomic E-state index is 0.316. The second-order valence-corrected chi connectivity index (χ2v) is 3.24. The monoisotopic (exact) mass is 204 g/mol. The van der Waals surface area contributed by atoms with Gasteiger partial charge in [-0.2, -0.15) is 9.78 Å². The smallest absolute Gasteiger partial charge is 0.252 e. The van der Waals surface area contributed by atoms with Gasteiger partial charge in [-0.15, -0.1) is 0 Å². The molecule has 2 heterocycles. The van der Waals surface area contributed by atoms with Gasteiger partial charge < -0.3 is 5.73 Å². The number of nitrogens with two attached hydrogens (primary N) is 1. The van der Waals surface area contributed by atoms with Crippen molar-refractivity contribution in [2.45, 2.75) is 20.4 Å². The van der Waals surface area contributed by atoms with E-state index in [-0.39, 0.29) is 0 Å². The second-order valence-electron chi connectivity index (χ2n) is 3.24. The van der Waals surface area contributed by atoms with Gasteiger partial charge in [-0.05, 0) is 19.9 Å². The Morgan fingerprint density at radius 1 is 1.27 bits per heavy atom. The lowest BCUT2D eigenvalue weighted by Crippen LogP contribution is -2.12. The molecule has 2 N–H and O–H groups in total. The van der Waals surface area contributed by atoms with E-state index in [1.807, 2.05) is 19.9 Å². The van der Waals surface area contributed by atoms with Crippen LogP contribution in [0.1, 0.15) is 17.2 Å². The Labute approximate surface area is 87.2 Å². The number of aryl methyl sites for hydroxylation is 2. The number of rotatable bonds is 2. The maximum atomic E-state index is 5.53. The molecule has 0 radical (unpaired) electrons. The number of hydrogen-bond acceptors (Lipinski definition) is 5. The van der Waals surface area contributed by atoms with Gasteiger partial charge >= 0.3 is 0 Å². The van der Waals surface area contributed by atoms with E-state index in [1.54, 1.807) is 4.68 Å². The van der Waals surface area contributed by atoms with Crippen LogP contribution in [0.5, 0.6) is 0 Å². The predicted molar refractivity (Wildman–Crippen MR) is 54.3 cm³/mol. The van der Waals surface area contributed by atoms with Crippen molar-refractivity contribution in [2.24, 2.45) is 5.73 Å². The lowest BCUT2D eigenvalue weighted by Gasteiger charge is -2.04. The number of aromatic nitrogens is 5. The summed E-state index contributed by atoms with van der Waals surface area (Å²) in [6.07, 6.45) is 1.45. The Balaban J connectivity index is 2.53. The van der Waals surface area contributed by atoms with Gasteiger partial charge in [0.15, 0.2) is 0 Å². The molecule has 2 rings (SSSR count). The molecule has 2 aromatic rings. The quantitative estimate of drug-likeness (QED) is 0.752. The van der Waals surface area contributed by atoms with Crippen LogP contribution in [-0.4, -0.2) is 24.7 Å². The lowest BCUT2D eigenvalue weighted by molar-refractivity contribution is 0.735. The van der Waals surface area contributed by atoms with Crippen molar-refractivity contribution in [2.75, 3.05) is 0 Å². The van der Waals surface area contributed by atoms with Gasteiger partial charge in [0.2, 0.25) is 0 Å². The van der Waals surface area contributed by atoms with Crippen LogP contribution >= 0.6 is 0 Å². The summed E-state index contributed by atoms with van der Waals surface area (Å²) in [6, 6.07) is 1.91. The van der Waals surface area contributed by atoms with E-state index in [9.17, 15) is 0 Å². The van der Waals surface area contributed by atoms with Crippen molar-refractivity contribution in [3.63, 3.8) is 0 Å². The first-order valence-electron chi connectivity index (χ1n) is 4.62. The molecule has 0 spiro atoms. The first kappa shape index (κ1) is 9.72. The highest BCUT2D eigenvalue weighted by Gasteiger charge is 2.08. The second kappa shape index (κ2) is 3.74. The van der Waals surface area contributed by atoms with Crippen LogP contribution in [-0.2, 0) is 6.54 Å². The van der Waals surface area contributed by atoms with E-state index in [2.05, 4.69) is 20.1 Å². The van der Waals surface area contributed by atoms with Crippen LogP contribution in [0.25, 0.3) is 5.95 Å². The molecule has 0 aliphatic rings. The van der Waals surface area contributed by atoms with Crippen molar-refractivity contribution in [1.29, 1.82) is 0 Å². The average Bonchev–Trinajstić information content (AvgIpc) is 2.63. The standard InChI is InChI=1S/C9H12N6/c1-6-3-7(2)14-9(13-6)15-8(4-10)11-5-12-15/h3,5H,4,10H2,1-2H3. The minimum absolute atomic E-state index is 0.316. The fourth-order valence-corrected chi connectivity index (χ4v) is 1.37. The van der Waals surface area contributed by atoms with Crippen LogP contribution in [0.2, 0.25) is 0 Å². The van der Waals surface area contributed by atoms with Gasteiger partial charge in [-0.25, -0.2) is 15.0 Å². The molecule has 0 unspecified atom stereocenters. The summed E-state index contributed by atoms with van der Waals surface area (Å²) in [6.45, 7) is 4.14. The zero-order valence-corrected chi connectivity index (χ0v) is 8.68. The van der Waals surface area contributed by atoms with Crippen LogP contribution in [0, 0.1) is 13.8 Å². The van der Waals surface area contributed by atoms with Gasteiger partial charge in [-0.3, -0.25) is 0 Å². The highest BCUT2D eigenvalue weighted by Crippen LogP contribution is 2.05. The summed E-state index contributed by atoms with van der Waals surface area (Å²) in [5, 5.41) is 4.04. The fraction of sp³-hybridized carbons (Fsp3) is 0.333. The summed E-state index contributed by atoms with van der Waals surface area (Å²) in [7, 11) is 0. The van der Waals surface area contributed by atoms with Crippen LogP contribution < -0.4 is 5.73 Å². The summed E-state index contributed by atoms with van der Waals surface area (Å²) in [5.41, 5.74) is 7.33. The highest BCUT2D eigenvalue weighted by molar-refractivity contribution is 5.18. The van der Waals surface area contributed by atoms with E-state index >= 15 is 0 Å². The molecule has 2 aromatic heterocycles. The van der Waals surface area contributed by atoms with E-state index < -0.39 is 0 Å². The van der Waals surface area contributed by atoms with E-state index in [1.165, 1.54) is 6.33 Å². The topological polar surface area (TPSA) is 82.5 Å². The summed E-state index contributed by atoms with van der Waals surface area (Å²) < 4.78 is 1.56. The number of nitrogens with zero attached hydrogens (tertiary/aromatic N) is 5. The molecule has 0 atom stereocenters. The molecule has 0 aliphatic carbocycles. The molecule has 0 saturated heterocycles. The zero-order chi connectivity index (χ0) is 10.8. The maximum absolute atomic E-state index is 5.53. The van der Waals surface area contributed by atoms with Crippen molar-refractivity contribution in [1.82, 2.24) is 24.7 Å². The lowest BCUT2D eigenvalue weighted by atomic mass is 10.4. The van der Waals surface area contributed by atoms with E-state index in [0.29, 0.717) is 18.3 Å². The summed E-state index contributed by atoms with van der Waals surface area (Å²) in [5.74, 6) is 1.17. The van der Waals surface area contributed by atoms with E-state index in [4.69, 9.17) is 5.73 Å². The Morgan fingerprint density at radius 2 is 1.93 bits per heavy atom. The van der Waals surface area contributed by atoms with Crippen LogP contribution in [0.15, 0.2) is 12.4 Å².